The summed E-state index contributed by atoms with van der Waals surface area (Å²) in [5, 5.41) is 2.36. The van der Waals surface area contributed by atoms with E-state index in [1.54, 1.807) is 0 Å². The molecule has 0 aromatic heterocycles. The van der Waals surface area contributed by atoms with Crippen molar-refractivity contribution < 1.29 is 14.3 Å². The van der Waals surface area contributed by atoms with Crippen molar-refractivity contribution in [3.63, 3.8) is 0 Å². The zero-order valence-corrected chi connectivity index (χ0v) is 11.5. The summed E-state index contributed by atoms with van der Waals surface area (Å²) in [4.78, 5) is 15.0. The third kappa shape index (κ3) is 3.65. The number of hydrogen-bond acceptors (Lipinski definition) is 5. The number of thiocarbonyl (C=S) groups is 1. The molecule has 5 heteroatoms. The van der Waals surface area contributed by atoms with Gasteiger partial charge in [-0.1, -0.05) is 6.92 Å². The van der Waals surface area contributed by atoms with Gasteiger partial charge < -0.3 is 9.47 Å². The molecule has 0 aliphatic rings. The number of aryl methyl sites for hydroxylation is 2. The van der Waals surface area contributed by atoms with Crippen molar-refractivity contribution in [2.45, 2.75) is 20.3 Å². The largest absolute Gasteiger partial charge is 0.482 e. The van der Waals surface area contributed by atoms with Gasteiger partial charge in [-0.3, -0.25) is 0 Å². The number of carbonyl (C=O) groups excluding carboxylic acids is 1. The van der Waals surface area contributed by atoms with Crippen molar-refractivity contribution in [2.75, 3.05) is 13.7 Å². The van der Waals surface area contributed by atoms with E-state index >= 15 is 0 Å². The molecule has 1 rings (SSSR count). The second-order valence-electron chi connectivity index (χ2n) is 3.67. The molecule has 0 aliphatic carbocycles. The van der Waals surface area contributed by atoms with Crippen LogP contribution in [0.2, 0.25) is 0 Å². The third-order valence-electron chi connectivity index (χ3n) is 2.50. The summed E-state index contributed by atoms with van der Waals surface area (Å²) in [6.45, 7) is 3.79. The number of esters is 1. The van der Waals surface area contributed by atoms with E-state index < -0.39 is 5.97 Å². The number of rotatable bonds is 5. The molecule has 0 heterocycles. The van der Waals surface area contributed by atoms with E-state index in [0.29, 0.717) is 5.75 Å². The molecule has 0 atom stereocenters. The fraction of sp³-hybridized carbons (Fsp3) is 0.385. The summed E-state index contributed by atoms with van der Waals surface area (Å²) in [5.74, 6) is 0.244. The lowest BCUT2D eigenvalue weighted by Gasteiger charge is -2.11. The molecule has 0 saturated carbocycles. The molecule has 0 unspecified atom stereocenters. The Morgan fingerprint density at radius 2 is 2.22 bits per heavy atom. The van der Waals surface area contributed by atoms with Gasteiger partial charge in [-0.15, -0.1) is 0 Å². The average molecular weight is 265 g/mol. The summed E-state index contributed by atoms with van der Waals surface area (Å²) in [7, 11) is 1.33. The maximum Gasteiger partial charge on any atom is 0.343 e. The normalized spacial score (nSPS) is 9.50. The van der Waals surface area contributed by atoms with Gasteiger partial charge in [0.15, 0.2) is 6.61 Å². The van der Waals surface area contributed by atoms with Crippen molar-refractivity contribution >= 4 is 29.0 Å². The summed E-state index contributed by atoms with van der Waals surface area (Å²) in [6, 6.07) is 3.73. The molecule has 4 nitrogen and oxygen atoms in total. The second kappa shape index (κ2) is 6.89. The molecule has 0 saturated heterocycles. The Hall–Kier alpha value is -1.71. The first kappa shape index (κ1) is 14.4. The van der Waals surface area contributed by atoms with E-state index in [-0.39, 0.29) is 6.61 Å². The molecule has 18 heavy (non-hydrogen) atoms. The molecule has 0 spiro atoms. The molecular weight excluding hydrogens is 250 g/mol. The number of isothiocyanates is 1. The number of ether oxygens (including phenoxy) is 2. The minimum atomic E-state index is -0.409. The van der Waals surface area contributed by atoms with Crippen LogP contribution in [0.5, 0.6) is 5.75 Å². The van der Waals surface area contributed by atoms with Crippen LogP contribution in [0.4, 0.5) is 5.69 Å². The van der Waals surface area contributed by atoms with E-state index in [9.17, 15) is 4.79 Å². The van der Waals surface area contributed by atoms with Crippen LogP contribution in [0, 0.1) is 6.92 Å². The molecule has 0 fully saturated rings. The number of carbonyl (C=O) groups is 1. The Bertz CT molecular complexity index is 493. The van der Waals surface area contributed by atoms with Crippen LogP contribution in [0.25, 0.3) is 0 Å². The minimum absolute atomic E-state index is 0.101. The first-order chi connectivity index (χ1) is 8.62. The monoisotopic (exact) mass is 265 g/mol. The zero-order valence-electron chi connectivity index (χ0n) is 10.6. The van der Waals surface area contributed by atoms with E-state index in [1.807, 2.05) is 26.0 Å². The van der Waals surface area contributed by atoms with Crippen LogP contribution >= 0.6 is 12.2 Å². The van der Waals surface area contributed by atoms with Crippen LogP contribution in [-0.2, 0) is 16.0 Å². The third-order valence-corrected chi connectivity index (χ3v) is 2.59. The van der Waals surface area contributed by atoms with Crippen LogP contribution in [-0.4, -0.2) is 24.8 Å². The van der Waals surface area contributed by atoms with Crippen molar-refractivity contribution in [1.82, 2.24) is 0 Å². The molecule has 0 bridgehead atoms. The Kier molecular flexibility index (Phi) is 5.49. The Labute approximate surface area is 112 Å². The maximum atomic E-state index is 11.0. The van der Waals surface area contributed by atoms with Gasteiger partial charge in [-0.05, 0) is 48.8 Å². The van der Waals surface area contributed by atoms with Gasteiger partial charge in [0.2, 0.25) is 0 Å². The predicted molar refractivity (Wildman–Crippen MR) is 72.8 cm³/mol. The summed E-state index contributed by atoms with van der Waals surface area (Å²) in [5.41, 5.74) is 2.67. The van der Waals surface area contributed by atoms with Gasteiger partial charge >= 0.3 is 5.97 Å². The summed E-state index contributed by atoms with van der Waals surface area (Å²) < 4.78 is 9.93. The van der Waals surface area contributed by atoms with Crippen molar-refractivity contribution in [2.24, 2.45) is 4.99 Å². The minimum Gasteiger partial charge on any atom is -0.482 e. The predicted octanol–water partition coefficient (Wildman–Crippen LogP) is 2.84. The Morgan fingerprint density at radius 3 is 2.78 bits per heavy atom. The molecule has 0 radical (unpaired) electrons. The molecule has 1 aromatic carbocycles. The van der Waals surface area contributed by atoms with Crippen LogP contribution in [0.15, 0.2) is 17.1 Å². The van der Waals surface area contributed by atoms with Gasteiger partial charge in [0.1, 0.15) is 5.75 Å². The molecule has 0 N–H and O–H groups in total. The highest BCUT2D eigenvalue weighted by molar-refractivity contribution is 7.78. The number of benzene rings is 1. The number of methoxy groups -OCH3 is 1. The smallest absolute Gasteiger partial charge is 0.343 e. The SMILES string of the molecule is CCc1cc(OCC(=O)OC)c(C)cc1N=C=S. The first-order valence-corrected chi connectivity index (χ1v) is 5.94. The fourth-order valence-electron chi connectivity index (χ4n) is 1.50. The lowest BCUT2D eigenvalue weighted by molar-refractivity contribution is -0.142. The van der Waals surface area contributed by atoms with Crippen LogP contribution < -0.4 is 4.74 Å². The molecular formula is C13H15NO3S. The number of aliphatic imine (C=N–C) groups is 1. The van der Waals surface area contributed by atoms with Crippen molar-refractivity contribution in [3.05, 3.63) is 23.3 Å². The van der Waals surface area contributed by atoms with E-state index in [0.717, 1.165) is 23.2 Å². The van der Waals surface area contributed by atoms with Gasteiger partial charge in [0.05, 0.1) is 18.0 Å². The average Bonchev–Trinajstić information content (AvgIpc) is 2.37. The van der Waals surface area contributed by atoms with Gasteiger partial charge in [0.25, 0.3) is 0 Å². The molecule has 1 aromatic rings. The second-order valence-corrected chi connectivity index (χ2v) is 3.85. The number of hydrogen-bond donors (Lipinski definition) is 0. The highest BCUT2D eigenvalue weighted by Gasteiger charge is 2.09. The summed E-state index contributed by atoms with van der Waals surface area (Å²) >= 11 is 4.61. The lowest BCUT2D eigenvalue weighted by atomic mass is 10.1. The summed E-state index contributed by atoms with van der Waals surface area (Å²) in [6.07, 6.45) is 0.796. The van der Waals surface area contributed by atoms with Gasteiger partial charge in [0, 0.05) is 0 Å². The lowest BCUT2D eigenvalue weighted by Crippen LogP contribution is -2.13. The Morgan fingerprint density at radius 1 is 1.50 bits per heavy atom. The quantitative estimate of drug-likeness (QED) is 0.466. The first-order valence-electron chi connectivity index (χ1n) is 5.53. The van der Waals surface area contributed by atoms with Gasteiger partial charge in [-0.2, -0.15) is 4.99 Å². The molecule has 96 valence electrons. The topological polar surface area (TPSA) is 47.9 Å². The van der Waals surface area contributed by atoms with E-state index in [2.05, 4.69) is 27.1 Å². The molecule has 0 aliphatic heterocycles. The highest BCUT2D eigenvalue weighted by Crippen LogP contribution is 2.29. The highest BCUT2D eigenvalue weighted by atomic mass is 32.1. The standard InChI is InChI=1S/C13H15NO3S/c1-4-10-6-12(17-7-13(15)16-3)9(2)5-11(10)14-8-18/h5-6H,4,7H2,1-3H3. The van der Waals surface area contributed by atoms with Crippen molar-refractivity contribution in [3.8, 4) is 5.75 Å². The number of nitrogens with zero attached hydrogens (tertiary/aromatic N) is 1. The van der Waals surface area contributed by atoms with E-state index in [4.69, 9.17) is 4.74 Å². The van der Waals surface area contributed by atoms with Crippen molar-refractivity contribution in [1.29, 1.82) is 0 Å². The maximum absolute atomic E-state index is 11.0. The Balaban J connectivity index is 2.99. The molecule has 0 amide bonds. The fourth-order valence-corrected chi connectivity index (χ4v) is 1.60. The zero-order chi connectivity index (χ0) is 13.5. The van der Waals surface area contributed by atoms with Gasteiger partial charge in [-0.25, -0.2) is 4.79 Å². The van der Waals surface area contributed by atoms with Crippen LogP contribution in [0.3, 0.4) is 0 Å². The van der Waals surface area contributed by atoms with Crippen LogP contribution in [0.1, 0.15) is 18.1 Å². The van der Waals surface area contributed by atoms with E-state index in [1.165, 1.54) is 7.11 Å².